The number of nitrogens with one attached hydrogen (secondary N) is 1. The van der Waals surface area contributed by atoms with Crippen LogP contribution in [0.2, 0.25) is 0 Å². The van der Waals surface area contributed by atoms with Crippen LogP contribution in [0.4, 0.5) is 0 Å². The van der Waals surface area contributed by atoms with E-state index < -0.39 is 0 Å². The zero-order valence-corrected chi connectivity index (χ0v) is 18.2. The number of rotatable bonds is 3. The van der Waals surface area contributed by atoms with Crippen LogP contribution in [0.1, 0.15) is 49.5 Å². The average molecular weight is 408 g/mol. The van der Waals surface area contributed by atoms with Gasteiger partial charge in [-0.25, -0.2) is 14.5 Å². The van der Waals surface area contributed by atoms with Gasteiger partial charge in [-0.15, -0.1) is 16.4 Å². The van der Waals surface area contributed by atoms with Gasteiger partial charge in [-0.3, -0.25) is 0 Å². The average Bonchev–Trinajstić information content (AvgIpc) is 3.21. The van der Waals surface area contributed by atoms with E-state index in [1.54, 1.807) is 22.2 Å². The molecule has 0 aliphatic carbocycles. The van der Waals surface area contributed by atoms with Gasteiger partial charge in [-0.2, -0.15) is 0 Å². The van der Waals surface area contributed by atoms with E-state index in [1.807, 2.05) is 24.3 Å². The Bertz CT molecular complexity index is 1220. The minimum absolute atomic E-state index is 0.00867. The molecule has 0 bridgehead atoms. The first kappa shape index (κ1) is 18.5. The molecule has 1 aromatic carbocycles. The molecule has 0 amide bonds. The summed E-state index contributed by atoms with van der Waals surface area (Å²) in [4.78, 5) is 11.9. The summed E-state index contributed by atoms with van der Waals surface area (Å²) in [6.07, 6.45) is 2.70. The second-order valence-electron chi connectivity index (χ2n) is 9.04. The zero-order valence-electron chi connectivity index (χ0n) is 17.4. The number of hydrogen-bond acceptors (Lipinski definition) is 6. The summed E-state index contributed by atoms with van der Waals surface area (Å²) in [5.41, 5.74) is 3.32. The van der Waals surface area contributed by atoms with Crippen LogP contribution in [0.5, 0.6) is 5.75 Å². The third-order valence-electron chi connectivity index (χ3n) is 5.40. The van der Waals surface area contributed by atoms with Crippen molar-refractivity contribution in [2.45, 2.75) is 58.7 Å². The number of ether oxygens (including phenoxy) is 1. The molecular weight excluding hydrogens is 382 g/mol. The maximum Gasteiger partial charge on any atom is 0.189 e. The Hall–Kier alpha value is -2.51. The van der Waals surface area contributed by atoms with Gasteiger partial charge < -0.3 is 10.1 Å². The number of nitrogens with zero attached hydrogens (tertiary/aromatic N) is 4. The summed E-state index contributed by atoms with van der Waals surface area (Å²) in [7, 11) is 0. The zero-order chi connectivity index (χ0) is 20.4. The summed E-state index contributed by atoms with van der Waals surface area (Å²) < 4.78 is 7.67. The third kappa shape index (κ3) is 3.18. The first-order valence-electron chi connectivity index (χ1n) is 9.87. The fourth-order valence-corrected chi connectivity index (χ4v) is 5.62. The van der Waals surface area contributed by atoms with Crippen molar-refractivity contribution in [3.63, 3.8) is 0 Å². The normalized spacial score (nSPS) is 17.6. The number of aromatic nitrogens is 4. The Kier molecular flexibility index (Phi) is 3.98. The molecule has 1 N–H and O–H groups in total. The van der Waals surface area contributed by atoms with E-state index in [1.165, 1.54) is 16.0 Å². The second kappa shape index (κ2) is 6.24. The molecule has 7 heteroatoms. The largest absolute Gasteiger partial charge is 0.486 e. The lowest BCUT2D eigenvalue weighted by molar-refractivity contribution is 0.248. The molecule has 0 saturated heterocycles. The summed E-state index contributed by atoms with van der Waals surface area (Å²) in [6.45, 7) is 11.4. The molecule has 4 heterocycles. The number of thiophene rings is 1. The van der Waals surface area contributed by atoms with Crippen LogP contribution in [0, 0.1) is 6.92 Å². The lowest BCUT2D eigenvalue weighted by Crippen LogP contribution is -2.54. The van der Waals surface area contributed by atoms with Crippen molar-refractivity contribution in [2.24, 2.45) is 0 Å². The van der Waals surface area contributed by atoms with E-state index in [0.29, 0.717) is 12.4 Å². The van der Waals surface area contributed by atoms with Crippen molar-refractivity contribution in [1.29, 1.82) is 0 Å². The Morgan fingerprint density at radius 1 is 1.17 bits per heavy atom. The molecule has 0 spiro atoms. The quantitative estimate of drug-likeness (QED) is 0.546. The highest BCUT2D eigenvalue weighted by Gasteiger charge is 2.39. The van der Waals surface area contributed by atoms with Crippen LogP contribution in [-0.2, 0) is 18.6 Å². The Morgan fingerprint density at radius 2 is 1.93 bits per heavy atom. The van der Waals surface area contributed by atoms with Crippen LogP contribution < -0.4 is 10.1 Å². The lowest BCUT2D eigenvalue weighted by Gasteiger charge is -2.42. The van der Waals surface area contributed by atoms with E-state index in [-0.39, 0.29) is 11.1 Å². The first-order chi connectivity index (χ1) is 13.7. The molecule has 4 aromatic rings. The highest BCUT2D eigenvalue weighted by molar-refractivity contribution is 7.19. The predicted octanol–water partition coefficient (Wildman–Crippen LogP) is 4.39. The number of fused-ring (bicyclic) bond motifs is 5. The van der Waals surface area contributed by atoms with Crippen LogP contribution >= 0.6 is 11.3 Å². The van der Waals surface area contributed by atoms with E-state index in [9.17, 15) is 0 Å². The van der Waals surface area contributed by atoms with E-state index in [4.69, 9.17) is 9.72 Å². The van der Waals surface area contributed by atoms with Crippen molar-refractivity contribution in [3.8, 4) is 5.75 Å². The number of aryl methyl sites for hydroxylation is 1. The topological polar surface area (TPSA) is 64.3 Å². The minimum Gasteiger partial charge on any atom is -0.486 e. The van der Waals surface area contributed by atoms with Crippen molar-refractivity contribution in [2.75, 3.05) is 0 Å². The van der Waals surface area contributed by atoms with E-state index in [2.05, 4.69) is 50.0 Å². The van der Waals surface area contributed by atoms with Crippen molar-refractivity contribution in [3.05, 3.63) is 52.4 Å². The maximum atomic E-state index is 5.88. The fraction of sp³-hybridized carbons (Fsp3) is 0.409. The number of benzene rings is 1. The monoisotopic (exact) mass is 407 g/mol. The standard InChI is InChI=1S/C22H25N5OS/c1-13-6-8-14(9-7-13)28-11-16-24-19-17-15-10-21(2,3)26-22(4,5)18(15)29-20(17)23-12-27(19)25-16/h6-9,12,26H,10-11H2,1-5H3. The predicted molar refractivity (Wildman–Crippen MR) is 116 cm³/mol. The van der Waals surface area contributed by atoms with Gasteiger partial charge in [0.1, 0.15) is 23.5 Å². The number of hydrogen-bond donors (Lipinski definition) is 1. The lowest BCUT2D eigenvalue weighted by atomic mass is 9.82. The summed E-state index contributed by atoms with van der Waals surface area (Å²) in [5.74, 6) is 1.48. The van der Waals surface area contributed by atoms with Crippen molar-refractivity contribution in [1.82, 2.24) is 24.9 Å². The fourth-order valence-electron chi connectivity index (χ4n) is 4.40. The molecule has 6 nitrogen and oxygen atoms in total. The second-order valence-corrected chi connectivity index (χ2v) is 10.0. The maximum absolute atomic E-state index is 5.88. The van der Waals surface area contributed by atoms with Crippen LogP contribution in [0.15, 0.2) is 30.6 Å². The third-order valence-corrected chi connectivity index (χ3v) is 6.86. The molecule has 1 aliphatic heterocycles. The molecule has 0 fully saturated rings. The van der Waals surface area contributed by atoms with Gasteiger partial charge >= 0.3 is 0 Å². The van der Waals surface area contributed by atoms with E-state index >= 15 is 0 Å². The Balaban J connectivity index is 1.57. The van der Waals surface area contributed by atoms with Gasteiger partial charge in [-0.05, 0) is 58.7 Å². The summed E-state index contributed by atoms with van der Waals surface area (Å²) in [5, 5.41) is 9.50. The molecule has 0 saturated carbocycles. The first-order valence-corrected chi connectivity index (χ1v) is 10.7. The van der Waals surface area contributed by atoms with E-state index in [0.717, 1.165) is 28.0 Å². The molecule has 3 aromatic heterocycles. The van der Waals surface area contributed by atoms with Gasteiger partial charge in [-0.1, -0.05) is 17.7 Å². The molecule has 0 radical (unpaired) electrons. The highest BCUT2D eigenvalue weighted by atomic mass is 32.1. The van der Waals surface area contributed by atoms with Crippen LogP contribution in [0.3, 0.4) is 0 Å². The Morgan fingerprint density at radius 3 is 2.69 bits per heavy atom. The van der Waals surface area contributed by atoms with Gasteiger partial charge in [0, 0.05) is 16.0 Å². The van der Waals surface area contributed by atoms with Gasteiger partial charge in [0.15, 0.2) is 11.5 Å². The smallest absolute Gasteiger partial charge is 0.189 e. The molecule has 29 heavy (non-hydrogen) atoms. The van der Waals surface area contributed by atoms with Crippen molar-refractivity contribution < 1.29 is 4.74 Å². The van der Waals surface area contributed by atoms with Gasteiger partial charge in [0.2, 0.25) is 0 Å². The molecule has 0 atom stereocenters. The summed E-state index contributed by atoms with van der Waals surface area (Å²) in [6, 6.07) is 8.01. The highest BCUT2D eigenvalue weighted by Crippen LogP contribution is 2.44. The molecule has 1 aliphatic rings. The van der Waals surface area contributed by atoms with Crippen LogP contribution in [0.25, 0.3) is 15.9 Å². The van der Waals surface area contributed by atoms with Crippen molar-refractivity contribution >= 4 is 27.2 Å². The van der Waals surface area contributed by atoms with Crippen LogP contribution in [-0.4, -0.2) is 25.1 Å². The molecular formula is C22H25N5OS. The summed E-state index contributed by atoms with van der Waals surface area (Å²) >= 11 is 1.76. The molecule has 0 unspecified atom stereocenters. The van der Waals surface area contributed by atoms with Gasteiger partial charge in [0.25, 0.3) is 0 Å². The molecule has 150 valence electrons. The minimum atomic E-state index is -0.100. The Labute approximate surface area is 173 Å². The van der Waals surface area contributed by atoms with Gasteiger partial charge in [0.05, 0.1) is 5.39 Å². The molecule has 5 rings (SSSR count). The SMILES string of the molecule is Cc1ccc(OCc2nc3c4c5c(sc4ncn3n2)C(C)(C)NC(C)(C)C5)cc1.